The molecule has 0 saturated heterocycles. The monoisotopic (exact) mass is 317 g/mol. The van der Waals surface area contributed by atoms with Crippen molar-refractivity contribution in [3.63, 3.8) is 0 Å². The van der Waals surface area contributed by atoms with Crippen LogP contribution in [0.5, 0.6) is 0 Å². The van der Waals surface area contributed by atoms with E-state index in [0.717, 1.165) is 22.0 Å². The Kier molecular flexibility index (Phi) is 3.72. The number of rotatable bonds is 3. The highest BCUT2D eigenvalue weighted by Crippen LogP contribution is 2.30. The van der Waals surface area contributed by atoms with Crippen molar-refractivity contribution in [2.24, 2.45) is 0 Å². The Balaban J connectivity index is 1.89. The molecule has 0 aliphatic rings. The Bertz CT molecular complexity index is 769. The van der Waals surface area contributed by atoms with Crippen LogP contribution in [0.1, 0.15) is 5.69 Å². The van der Waals surface area contributed by atoms with Crippen LogP contribution >= 0.6 is 22.9 Å². The molecule has 0 spiro atoms. The smallest absolute Gasteiger partial charge is 0.227 e. The highest BCUT2D eigenvalue weighted by atomic mass is 35.5. The van der Waals surface area contributed by atoms with Gasteiger partial charge in [0.15, 0.2) is 5.13 Å². The first kappa shape index (κ1) is 13.8. The molecule has 0 aliphatic carbocycles. The third kappa shape index (κ3) is 3.12. The SMILES string of the molecule is Cc1nc(N)sc1-c1ccnc(Nc2ccc(Cl)cc2)n1. The number of aromatic nitrogens is 3. The van der Waals surface area contributed by atoms with Gasteiger partial charge in [0.2, 0.25) is 5.95 Å². The molecule has 1 aromatic carbocycles. The molecule has 2 heterocycles. The van der Waals surface area contributed by atoms with Crippen molar-refractivity contribution >= 4 is 39.7 Å². The topological polar surface area (TPSA) is 76.7 Å². The zero-order chi connectivity index (χ0) is 14.8. The predicted octanol–water partition coefficient (Wildman–Crippen LogP) is 3.89. The van der Waals surface area contributed by atoms with Crippen LogP contribution in [0, 0.1) is 6.92 Å². The number of nitrogens with one attached hydrogen (secondary N) is 1. The van der Waals surface area contributed by atoms with Crippen LogP contribution < -0.4 is 11.1 Å². The van der Waals surface area contributed by atoms with Crippen molar-refractivity contribution in [1.82, 2.24) is 15.0 Å². The predicted molar refractivity (Wildman–Crippen MR) is 87.0 cm³/mol. The fraction of sp³-hybridized carbons (Fsp3) is 0.0714. The molecule has 0 fully saturated rings. The zero-order valence-electron chi connectivity index (χ0n) is 11.2. The number of anilines is 3. The van der Waals surface area contributed by atoms with Gasteiger partial charge in [0, 0.05) is 16.9 Å². The Hall–Kier alpha value is -2.18. The maximum absolute atomic E-state index is 5.86. The lowest BCUT2D eigenvalue weighted by Gasteiger charge is -2.06. The van der Waals surface area contributed by atoms with Crippen molar-refractivity contribution in [3.05, 3.63) is 47.2 Å². The second-order valence-corrected chi connectivity index (χ2v) is 5.83. The molecular formula is C14H12ClN5S. The summed E-state index contributed by atoms with van der Waals surface area (Å²) in [6.45, 7) is 1.91. The maximum Gasteiger partial charge on any atom is 0.227 e. The summed E-state index contributed by atoms with van der Waals surface area (Å²) < 4.78 is 0. The Labute approximate surface area is 130 Å². The summed E-state index contributed by atoms with van der Waals surface area (Å²) in [5, 5.41) is 4.36. The molecular weight excluding hydrogens is 306 g/mol. The van der Waals surface area contributed by atoms with Crippen molar-refractivity contribution < 1.29 is 0 Å². The molecule has 5 nitrogen and oxygen atoms in total. The molecule has 0 unspecified atom stereocenters. The van der Waals surface area contributed by atoms with Crippen molar-refractivity contribution in [3.8, 4) is 10.6 Å². The lowest BCUT2D eigenvalue weighted by atomic mass is 10.3. The van der Waals surface area contributed by atoms with Gasteiger partial charge in [-0.25, -0.2) is 15.0 Å². The van der Waals surface area contributed by atoms with Crippen LogP contribution in [-0.2, 0) is 0 Å². The molecule has 0 saturated carbocycles. The number of nitrogens with two attached hydrogens (primary N) is 1. The van der Waals surface area contributed by atoms with Crippen LogP contribution in [0.4, 0.5) is 16.8 Å². The second-order valence-electron chi connectivity index (χ2n) is 4.36. The third-order valence-electron chi connectivity index (χ3n) is 2.80. The average molecular weight is 318 g/mol. The Morgan fingerprint density at radius 1 is 1.14 bits per heavy atom. The molecule has 0 radical (unpaired) electrons. The van der Waals surface area contributed by atoms with Crippen molar-refractivity contribution in [2.75, 3.05) is 11.1 Å². The lowest BCUT2D eigenvalue weighted by molar-refractivity contribution is 1.16. The quantitative estimate of drug-likeness (QED) is 0.766. The van der Waals surface area contributed by atoms with E-state index in [2.05, 4.69) is 20.3 Å². The lowest BCUT2D eigenvalue weighted by Crippen LogP contribution is -1.97. The number of thiazole rings is 1. The Morgan fingerprint density at radius 3 is 2.57 bits per heavy atom. The standard InChI is InChI=1S/C14H12ClN5S/c1-8-12(21-13(16)18-8)11-6-7-17-14(20-11)19-10-4-2-9(15)3-5-10/h2-7H,1H3,(H2,16,18)(H,17,19,20). The second kappa shape index (κ2) is 5.67. The van der Waals surface area contributed by atoms with E-state index >= 15 is 0 Å². The molecule has 0 atom stereocenters. The summed E-state index contributed by atoms with van der Waals surface area (Å²) >= 11 is 7.28. The first-order valence-electron chi connectivity index (χ1n) is 6.21. The van der Waals surface area contributed by atoms with Crippen LogP contribution in [0.3, 0.4) is 0 Å². The van der Waals surface area contributed by atoms with Gasteiger partial charge >= 0.3 is 0 Å². The van der Waals surface area contributed by atoms with Gasteiger partial charge in [0.1, 0.15) is 0 Å². The summed E-state index contributed by atoms with van der Waals surface area (Å²) in [4.78, 5) is 13.9. The first-order chi connectivity index (χ1) is 10.1. The average Bonchev–Trinajstić information content (AvgIpc) is 2.81. The largest absolute Gasteiger partial charge is 0.375 e. The molecule has 7 heteroatoms. The summed E-state index contributed by atoms with van der Waals surface area (Å²) in [6, 6.07) is 9.19. The number of halogens is 1. The van der Waals surface area contributed by atoms with Crippen LogP contribution in [-0.4, -0.2) is 15.0 Å². The normalized spacial score (nSPS) is 10.6. The van der Waals surface area contributed by atoms with Crippen molar-refractivity contribution in [1.29, 1.82) is 0 Å². The summed E-state index contributed by atoms with van der Waals surface area (Å²) in [5.41, 5.74) is 8.27. The van der Waals surface area contributed by atoms with Gasteiger partial charge < -0.3 is 11.1 Å². The first-order valence-corrected chi connectivity index (χ1v) is 7.40. The number of hydrogen-bond donors (Lipinski definition) is 2. The zero-order valence-corrected chi connectivity index (χ0v) is 12.7. The number of hydrogen-bond acceptors (Lipinski definition) is 6. The number of nitrogen functional groups attached to an aromatic ring is 1. The number of aryl methyl sites for hydroxylation is 1. The fourth-order valence-electron chi connectivity index (χ4n) is 1.86. The minimum atomic E-state index is 0.515. The van der Waals surface area contributed by atoms with Gasteiger partial charge in [-0.05, 0) is 37.3 Å². The third-order valence-corrected chi connectivity index (χ3v) is 4.06. The van der Waals surface area contributed by atoms with Crippen LogP contribution in [0.25, 0.3) is 10.6 Å². The molecule has 3 aromatic rings. The molecule has 3 N–H and O–H groups in total. The Morgan fingerprint density at radius 2 is 1.90 bits per heavy atom. The number of nitrogens with zero attached hydrogens (tertiary/aromatic N) is 3. The highest BCUT2D eigenvalue weighted by molar-refractivity contribution is 7.18. The van der Waals surface area contributed by atoms with Gasteiger partial charge in [0.25, 0.3) is 0 Å². The van der Waals surface area contributed by atoms with Gasteiger partial charge in [-0.3, -0.25) is 0 Å². The van der Waals surface area contributed by atoms with Gasteiger partial charge in [-0.15, -0.1) is 0 Å². The number of benzene rings is 1. The molecule has 0 amide bonds. The summed E-state index contributed by atoms with van der Waals surface area (Å²) in [6.07, 6.45) is 1.70. The van der Waals surface area contributed by atoms with Gasteiger partial charge in [0.05, 0.1) is 16.3 Å². The summed E-state index contributed by atoms with van der Waals surface area (Å²) in [5.74, 6) is 0.515. The molecule has 21 heavy (non-hydrogen) atoms. The minimum absolute atomic E-state index is 0.515. The van der Waals surface area contributed by atoms with E-state index in [1.165, 1.54) is 11.3 Å². The van der Waals surface area contributed by atoms with Crippen LogP contribution in [0.15, 0.2) is 36.5 Å². The van der Waals surface area contributed by atoms with E-state index in [0.29, 0.717) is 16.1 Å². The van der Waals surface area contributed by atoms with Gasteiger partial charge in [-0.2, -0.15) is 0 Å². The molecule has 0 aliphatic heterocycles. The molecule has 3 rings (SSSR count). The maximum atomic E-state index is 5.86. The van der Waals surface area contributed by atoms with Crippen molar-refractivity contribution in [2.45, 2.75) is 6.92 Å². The van der Waals surface area contributed by atoms with E-state index in [-0.39, 0.29) is 0 Å². The highest BCUT2D eigenvalue weighted by Gasteiger charge is 2.10. The molecule has 106 valence electrons. The van der Waals surface area contributed by atoms with E-state index in [9.17, 15) is 0 Å². The summed E-state index contributed by atoms with van der Waals surface area (Å²) in [7, 11) is 0. The van der Waals surface area contributed by atoms with E-state index in [4.69, 9.17) is 17.3 Å². The fourth-order valence-corrected chi connectivity index (χ4v) is 2.79. The van der Waals surface area contributed by atoms with Gasteiger partial charge in [-0.1, -0.05) is 22.9 Å². The van der Waals surface area contributed by atoms with E-state index in [1.54, 1.807) is 6.20 Å². The van der Waals surface area contributed by atoms with E-state index in [1.807, 2.05) is 37.3 Å². The molecule has 0 bridgehead atoms. The minimum Gasteiger partial charge on any atom is -0.375 e. The molecule has 2 aromatic heterocycles. The van der Waals surface area contributed by atoms with E-state index < -0.39 is 0 Å². The van der Waals surface area contributed by atoms with Crippen LogP contribution in [0.2, 0.25) is 5.02 Å².